The topological polar surface area (TPSA) is 22.4 Å². The van der Waals surface area contributed by atoms with Gasteiger partial charge in [-0.3, -0.25) is 0 Å². The Labute approximate surface area is 83.1 Å². The maximum atomic E-state index is 5.57. The van der Waals surface area contributed by atoms with Crippen LogP contribution in [0.2, 0.25) is 0 Å². The van der Waals surface area contributed by atoms with Crippen LogP contribution in [0.4, 0.5) is 0 Å². The minimum Gasteiger partial charge on any atom is -0.493 e. The Bertz CT molecular complexity index is 415. The average molecular weight is 188 g/mol. The van der Waals surface area contributed by atoms with Crippen molar-refractivity contribution in [3.8, 4) is 17.1 Å². The van der Waals surface area contributed by atoms with Gasteiger partial charge in [-0.2, -0.15) is 0 Å². The Hall–Kier alpha value is -1.70. The molecule has 2 heteroatoms. The molecule has 0 saturated heterocycles. The van der Waals surface area contributed by atoms with Crippen molar-refractivity contribution in [3.05, 3.63) is 42.2 Å². The van der Waals surface area contributed by atoms with E-state index < -0.39 is 0 Å². The van der Waals surface area contributed by atoms with E-state index in [1.54, 1.807) is 7.11 Å². The van der Waals surface area contributed by atoms with E-state index in [1.165, 1.54) is 0 Å². The van der Waals surface area contributed by atoms with E-state index in [9.17, 15) is 0 Å². The van der Waals surface area contributed by atoms with Crippen LogP contribution < -0.4 is 4.74 Å². The van der Waals surface area contributed by atoms with Gasteiger partial charge in [-0.05, 0) is 6.92 Å². The Morgan fingerprint density at radius 2 is 1.86 bits per heavy atom. The normalized spacial score (nSPS) is 10.1. The molecular weight excluding hydrogens is 176 g/mol. The van der Waals surface area contributed by atoms with Gasteiger partial charge in [0, 0.05) is 11.6 Å². The summed E-state index contributed by atoms with van der Waals surface area (Å²) in [6, 6.07) is 11.9. The largest absolute Gasteiger partial charge is 0.493 e. The summed E-state index contributed by atoms with van der Waals surface area (Å²) in [7, 11) is 1.65. The highest BCUT2D eigenvalue weighted by molar-refractivity contribution is 5.59. The molecule has 2 rings (SSSR count). The van der Waals surface area contributed by atoms with Crippen molar-refractivity contribution in [3.63, 3.8) is 0 Å². The molecule has 0 unspecified atom stereocenters. The van der Waals surface area contributed by atoms with Crippen LogP contribution >= 0.6 is 0 Å². The van der Waals surface area contributed by atoms with E-state index in [2.05, 4.69) is 0 Å². The molecule has 0 aliphatic rings. The molecule has 0 aliphatic carbocycles. The van der Waals surface area contributed by atoms with E-state index in [0.29, 0.717) is 0 Å². The molecule has 0 radical (unpaired) electrons. The zero-order valence-corrected chi connectivity index (χ0v) is 8.28. The Balaban J connectivity index is 2.43. The van der Waals surface area contributed by atoms with Gasteiger partial charge >= 0.3 is 0 Å². The first-order valence-electron chi connectivity index (χ1n) is 4.51. The van der Waals surface area contributed by atoms with E-state index in [0.717, 1.165) is 22.8 Å². The molecule has 0 saturated carbocycles. The summed E-state index contributed by atoms with van der Waals surface area (Å²) in [6.45, 7) is 1.89. The smallest absolute Gasteiger partial charge is 0.160 e. The summed E-state index contributed by atoms with van der Waals surface area (Å²) in [5.41, 5.74) is 1.07. The van der Waals surface area contributed by atoms with E-state index in [1.807, 2.05) is 43.3 Å². The molecule has 2 nitrogen and oxygen atoms in total. The summed E-state index contributed by atoms with van der Waals surface area (Å²) in [6.07, 6.45) is 0. The third kappa shape index (κ3) is 1.51. The second-order valence-corrected chi connectivity index (χ2v) is 3.10. The number of methoxy groups -OCH3 is 1. The zero-order valence-electron chi connectivity index (χ0n) is 8.28. The molecular formula is C12H12O2. The first kappa shape index (κ1) is 8.88. The molecule has 0 amide bonds. The van der Waals surface area contributed by atoms with Gasteiger partial charge in [0.1, 0.15) is 11.5 Å². The van der Waals surface area contributed by atoms with Gasteiger partial charge in [0.05, 0.1) is 7.11 Å². The van der Waals surface area contributed by atoms with Crippen LogP contribution in [0.15, 0.2) is 40.8 Å². The van der Waals surface area contributed by atoms with Gasteiger partial charge in [-0.25, -0.2) is 0 Å². The Morgan fingerprint density at radius 3 is 2.43 bits per heavy atom. The molecule has 1 aromatic heterocycles. The summed E-state index contributed by atoms with van der Waals surface area (Å²) >= 11 is 0. The van der Waals surface area contributed by atoms with Crippen molar-refractivity contribution in [1.29, 1.82) is 0 Å². The van der Waals surface area contributed by atoms with Crippen LogP contribution in [0.5, 0.6) is 5.75 Å². The fourth-order valence-electron chi connectivity index (χ4n) is 1.41. The Kier molecular flexibility index (Phi) is 2.27. The molecule has 1 aromatic carbocycles. The SMILES string of the molecule is COc1cc(-c2ccccc2)oc1C. The second-order valence-electron chi connectivity index (χ2n) is 3.10. The molecule has 0 aliphatic heterocycles. The summed E-state index contributed by atoms with van der Waals surface area (Å²) in [4.78, 5) is 0. The summed E-state index contributed by atoms with van der Waals surface area (Å²) < 4.78 is 10.7. The minimum atomic E-state index is 0.795. The number of hydrogen-bond acceptors (Lipinski definition) is 2. The lowest BCUT2D eigenvalue weighted by Gasteiger charge is -1.93. The highest BCUT2D eigenvalue weighted by Crippen LogP contribution is 2.29. The summed E-state index contributed by atoms with van der Waals surface area (Å²) in [5.74, 6) is 2.45. The fraction of sp³-hybridized carbons (Fsp3) is 0.167. The van der Waals surface area contributed by atoms with Crippen LogP contribution in [-0.4, -0.2) is 7.11 Å². The van der Waals surface area contributed by atoms with Crippen LogP contribution in [0, 0.1) is 6.92 Å². The molecule has 0 bridgehead atoms. The fourth-order valence-corrected chi connectivity index (χ4v) is 1.41. The lowest BCUT2D eigenvalue weighted by atomic mass is 10.2. The zero-order chi connectivity index (χ0) is 9.97. The quantitative estimate of drug-likeness (QED) is 0.721. The highest BCUT2D eigenvalue weighted by atomic mass is 16.5. The van der Waals surface area contributed by atoms with Gasteiger partial charge in [-0.15, -0.1) is 0 Å². The van der Waals surface area contributed by atoms with Gasteiger partial charge in [-0.1, -0.05) is 30.3 Å². The van der Waals surface area contributed by atoms with Gasteiger partial charge in [0.15, 0.2) is 5.75 Å². The van der Waals surface area contributed by atoms with Crippen molar-refractivity contribution >= 4 is 0 Å². The average Bonchev–Trinajstić information content (AvgIpc) is 2.61. The molecule has 72 valence electrons. The molecule has 0 spiro atoms. The molecule has 0 atom stereocenters. The predicted octanol–water partition coefficient (Wildman–Crippen LogP) is 3.26. The number of aryl methyl sites for hydroxylation is 1. The van der Waals surface area contributed by atoms with E-state index >= 15 is 0 Å². The number of furan rings is 1. The highest BCUT2D eigenvalue weighted by Gasteiger charge is 2.08. The predicted molar refractivity (Wildman–Crippen MR) is 55.4 cm³/mol. The van der Waals surface area contributed by atoms with Crippen molar-refractivity contribution in [2.75, 3.05) is 7.11 Å². The Morgan fingerprint density at radius 1 is 1.14 bits per heavy atom. The number of hydrogen-bond donors (Lipinski definition) is 0. The molecule has 14 heavy (non-hydrogen) atoms. The van der Waals surface area contributed by atoms with Crippen molar-refractivity contribution in [2.24, 2.45) is 0 Å². The maximum absolute atomic E-state index is 5.57. The second kappa shape index (κ2) is 3.58. The standard InChI is InChI=1S/C12H12O2/c1-9-11(13-2)8-12(14-9)10-6-4-3-5-7-10/h3-8H,1-2H3. The summed E-state index contributed by atoms with van der Waals surface area (Å²) in [5, 5.41) is 0. The van der Waals surface area contributed by atoms with E-state index in [-0.39, 0.29) is 0 Å². The number of ether oxygens (including phenoxy) is 1. The van der Waals surface area contributed by atoms with Crippen molar-refractivity contribution in [1.82, 2.24) is 0 Å². The monoisotopic (exact) mass is 188 g/mol. The lowest BCUT2D eigenvalue weighted by Crippen LogP contribution is -1.79. The first-order chi connectivity index (χ1) is 6.81. The molecule has 0 N–H and O–H groups in total. The van der Waals surface area contributed by atoms with Gasteiger partial charge < -0.3 is 9.15 Å². The maximum Gasteiger partial charge on any atom is 0.160 e. The van der Waals surface area contributed by atoms with Crippen LogP contribution in [0.3, 0.4) is 0 Å². The van der Waals surface area contributed by atoms with Gasteiger partial charge in [0.2, 0.25) is 0 Å². The number of benzene rings is 1. The first-order valence-corrected chi connectivity index (χ1v) is 4.51. The van der Waals surface area contributed by atoms with Crippen LogP contribution in [0.1, 0.15) is 5.76 Å². The molecule has 2 aromatic rings. The number of rotatable bonds is 2. The third-order valence-corrected chi connectivity index (χ3v) is 2.15. The molecule has 1 heterocycles. The van der Waals surface area contributed by atoms with E-state index in [4.69, 9.17) is 9.15 Å². The minimum absolute atomic E-state index is 0.795. The third-order valence-electron chi connectivity index (χ3n) is 2.15. The van der Waals surface area contributed by atoms with Crippen molar-refractivity contribution < 1.29 is 9.15 Å². The van der Waals surface area contributed by atoms with Crippen LogP contribution in [-0.2, 0) is 0 Å². The molecule has 0 fully saturated rings. The lowest BCUT2D eigenvalue weighted by molar-refractivity contribution is 0.398. The van der Waals surface area contributed by atoms with Crippen molar-refractivity contribution in [2.45, 2.75) is 6.92 Å². The van der Waals surface area contributed by atoms with Gasteiger partial charge in [0.25, 0.3) is 0 Å². The van der Waals surface area contributed by atoms with Crippen LogP contribution in [0.25, 0.3) is 11.3 Å².